The molecular formula is C8H11NaO3S. The van der Waals surface area contributed by atoms with E-state index >= 15 is 0 Å². The summed E-state index contributed by atoms with van der Waals surface area (Å²) in [5.41, 5.74) is 0. The molecule has 0 heterocycles. The van der Waals surface area contributed by atoms with Gasteiger partial charge >= 0.3 is 29.6 Å². The molecule has 0 radical (unpaired) electrons. The van der Waals surface area contributed by atoms with Crippen LogP contribution < -0.4 is 0 Å². The Morgan fingerprint density at radius 3 is 1.69 bits per heavy atom. The third-order valence-corrected chi connectivity index (χ3v) is 1.91. The first-order valence-corrected chi connectivity index (χ1v) is 4.57. The average Bonchev–Trinajstić information content (AvgIpc) is 2.08. The van der Waals surface area contributed by atoms with Crippen LogP contribution in [0.25, 0.3) is 0 Å². The Labute approximate surface area is 101 Å². The van der Waals surface area contributed by atoms with E-state index in [0.29, 0.717) is 0 Å². The average molecular weight is 210 g/mol. The van der Waals surface area contributed by atoms with E-state index in [9.17, 15) is 8.42 Å². The van der Waals surface area contributed by atoms with Gasteiger partial charge in [-0.05, 0) is 12.1 Å². The van der Waals surface area contributed by atoms with Gasteiger partial charge in [-0.3, -0.25) is 4.55 Å². The minimum absolute atomic E-state index is 0. The first-order chi connectivity index (χ1) is 5.61. The molecule has 68 valence electrons. The van der Waals surface area contributed by atoms with Gasteiger partial charge in [0.2, 0.25) is 0 Å². The summed E-state index contributed by atoms with van der Waals surface area (Å²) in [6.07, 6.45) is 0. The van der Waals surface area contributed by atoms with Crippen molar-refractivity contribution in [2.75, 3.05) is 0 Å². The zero-order valence-electron chi connectivity index (χ0n) is 6.47. The molecule has 0 aliphatic heterocycles. The number of hydrogen-bond acceptors (Lipinski definition) is 2. The Bertz CT molecular complexity index is 321. The van der Waals surface area contributed by atoms with E-state index in [1.807, 2.05) is 0 Å². The quantitative estimate of drug-likeness (QED) is 0.429. The fourth-order valence-corrected chi connectivity index (χ4v) is 1.09. The second kappa shape index (κ2) is 7.29. The zero-order valence-corrected chi connectivity index (χ0v) is 7.29. The van der Waals surface area contributed by atoms with Gasteiger partial charge in [-0.1, -0.05) is 18.2 Å². The van der Waals surface area contributed by atoms with E-state index in [2.05, 4.69) is 13.2 Å². The molecule has 13 heavy (non-hydrogen) atoms. The molecule has 0 aromatic heterocycles. The number of rotatable bonds is 1. The van der Waals surface area contributed by atoms with Gasteiger partial charge in [0.05, 0.1) is 4.90 Å². The topological polar surface area (TPSA) is 54.4 Å². The molecule has 0 saturated heterocycles. The molecular weight excluding hydrogens is 199 g/mol. The Morgan fingerprint density at radius 1 is 1.08 bits per heavy atom. The summed E-state index contributed by atoms with van der Waals surface area (Å²) < 4.78 is 29.2. The Morgan fingerprint density at radius 2 is 1.46 bits per heavy atom. The summed E-state index contributed by atoms with van der Waals surface area (Å²) >= 11 is 0. The van der Waals surface area contributed by atoms with Crippen LogP contribution in [0.2, 0.25) is 0 Å². The summed E-state index contributed by atoms with van der Waals surface area (Å²) in [6, 6.07) is 7.42. The Balaban J connectivity index is 0. The molecule has 0 aliphatic rings. The van der Waals surface area contributed by atoms with Crippen LogP contribution in [0.4, 0.5) is 0 Å². The van der Waals surface area contributed by atoms with Crippen molar-refractivity contribution in [3.05, 3.63) is 43.5 Å². The van der Waals surface area contributed by atoms with Gasteiger partial charge in [0.25, 0.3) is 10.1 Å². The minimum atomic E-state index is -4.00. The van der Waals surface area contributed by atoms with Gasteiger partial charge in [-0.25, -0.2) is 0 Å². The third kappa shape index (κ3) is 6.01. The molecule has 0 unspecified atom stereocenters. The van der Waals surface area contributed by atoms with E-state index in [-0.39, 0.29) is 34.5 Å². The van der Waals surface area contributed by atoms with E-state index in [1.165, 1.54) is 12.1 Å². The molecule has 0 spiro atoms. The van der Waals surface area contributed by atoms with Crippen LogP contribution >= 0.6 is 0 Å². The summed E-state index contributed by atoms with van der Waals surface area (Å²) in [6.45, 7) is 6.00. The fraction of sp³-hybridized carbons (Fsp3) is 0. The van der Waals surface area contributed by atoms with Gasteiger partial charge in [-0.2, -0.15) is 8.42 Å². The number of benzene rings is 1. The van der Waals surface area contributed by atoms with Crippen molar-refractivity contribution >= 4 is 39.7 Å². The molecule has 1 N–H and O–H groups in total. The third-order valence-electron chi connectivity index (χ3n) is 1.04. The second-order valence-corrected chi connectivity index (χ2v) is 3.21. The molecule has 1 aromatic carbocycles. The summed E-state index contributed by atoms with van der Waals surface area (Å²) in [5, 5.41) is 0. The van der Waals surface area contributed by atoms with Crippen molar-refractivity contribution in [1.29, 1.82) is 0 Å². The monoisotopic (exact) mass is 210 g/mol. The van der Waals surface area contributed by atoms with E-state index in [0.717, 1.165) is 0 Å². The SMILES string of the molecule is C=C.O=S(=O)(O)c1ccccc1.[NaH]. The van der Waals surface area contributed by atoms with Gasteiger partial charge < -0.3 is 0 Å². The summed E-state index contributed by atoms with van der Waals surface area (Å²) in [7, 11) is -4.00. The van der Waals surface area contributed by atoms with E-state index in [1.54, 1.807) is 18.2 Å². The van der Waals surface area contributed by atoms with Crippen LogP contribution in [0.5, 0.6) is 0 Å². The van der Waals surface area contributed by atoms with Gasteiger partial charge in [-0.15, -0.1) is 13.2 Å². The summed E-state index contributed by atoms with van der Waals surface area (Å²) in [5.74, 6) is 0. The fourth-order valence-electron chi connectivity index (χ4n) is 0.592. The van der Waals surface area contributed by atoms with E-state index in [4.69, 9.17) is 4.55 Å². The maximum absolute atomic E-state index is 10.4. The van der Waals surface area contributed by atoms with Crippen molar-refractivity contribution in [2.45, 2.75) is 4.90 Å². The normalized spacial score (nSPS) is 9.00. The second-order valence-electron chi connectivity index (χ2n) is 1.79. The number of hydrogen-bond donors (Lipinski definition) is 1. The molecule has 5 heteroatoms. The molecule has 0 amide bonds. The van der Waals surface area contributed by atoms with Crippen molar-refractivity contribution in [2.24, 2.45) is 0 Å². The van der Waals surface area contributed by atoms with Crippen molar-refractivity contribution in [3.63, 3.8) is 0 Å². The van der Waals surface area contributed by atoms with Crippen molar-refractivity contribution in [1.82, 2.24) is 0 Å². The molecule has 1 rings (SSSR count). The van der Waals surface area contributed by atoms with Crippen LogP contribution in [0.1, 0.15) is 0 Å². The van der Waals surface area contributed by atoms with Gasteiger partial charge in [0.1, 0.15) is 0 Å². The molecule has 0 aliphatic carbocycles. The summed E-state index contributed by atoms with van der Waals surface area (Å²) in [4.78, 5) is -0.0741. The van der Waals surface area contributed by atoms with Crippen LogP contribution in [0.3, 0.4) is 0 Å². The zero-order chi connectivity index (χ0) is 9.61. The predicted octanol–water partition coefficient (Wildman–Crippen LogP) is 1.09. The standard InChI is InChI=1S/C6H6O3S.C2H4.Na.H/c7-10(8,9)6-4-2-1-3-5-6;1-2;;/h1-5H,(H,7,8,9);1-2H2;;. The van der Waals surface area contributed by atoms with Crippen LogP contribution in [-0.4, -0.2) is 42.5 Å². The first-order valence-electron chi connectivity index (χ1n) is 3.13. The van der Waals surface area contributed by atoms with Gasteiger partial charge in [0.15, 0.2) is 0 Å². The molecule has 0 atom stereocenters. The predicted molar refractivity (Wildman–Crippen MR) is 54.7 cm³/mol. The van der Waals surface area contributed by atoms with E-state index < -0.39 is 10.1 Å². The molecule has 3 nitrogen and oxygen atoms in total. The maximum atomic E-state index is 10.4. The van der Waals surface area contributed by atoms with Crippen LogP contribution in [0.15, 0.2) is 48.4 Å². The Hall–Kier alpha value is -0.130. The van der Waals surface area contributed by atoms with Crippen LogP contribution in [0, 0.1) is 0 Å². The molecule has 0 bridgehead atoms. The Kier molecular flexibility index (Phi) is 8.61. The molecule has 0 saturated carbocycles. The van der Waals surface area contributed by atoms with Gasteiger partial charge in [0, 0.05) is 0 Å². The van der Waals surface area contributed by atoms with Crippen LogP contribution in [-0.2, 0) is 10.1 Å². The van der Waals surface area contributed by atoms with Crippen molar-refractivity contribution < 1.29 is 13.0 Å². The van der Waals surface area contributed by atoms with Crippen molar-refractivity contribution in [3.8, 4) is 0 Å². The molecule has 0 fully saturated rings. The molecule has 1 aromatic rings. The first kappa shape index (κ1) is 15.3.